The molecular formula is C13H10ClN3S. The lowest BCUT2D eigenvalue weighted by Gasteiger charge is -2.09. The second kappa shape index (κ2) is 4.92. The fourth-order valence-corrected chi connectivity index (χ4v) is 2.57. The highest BCUT2D eigenvalue weighted by Crippen LogP contribution is 2.28. The summed E-state index contributed by atoms with van der Waals surface area (Å²) in [6.45, 7) is 0.703. The maximum Gasteiger partial charge on any atom is 0.0908 e. The van der Waals surface area contributed by atoms with Crippen LogP contribution >= 0.6 is 22.9 Å². The van der Waals surface area contributed by atoms with Crippen molar-refractivity contribution in [2.24, 2.45) is 0 Å². The van der Waals surface area contributed by atoms with Gasteiger partial charge in [0, 0.05) is 22.7 Å². The molecule has 0 aliphatic carbocycles. The second-order valence-electron chi connectivity index (χ2n) is 3.83. The van der Waals surface area contributed by atoms with E-state index < -0.39 is 0 Å². The van der Waals surface area contributed by atoms with Gasteiger partial charge in [0.25, 0.3) is 0 Å². The molecule has 0 saturated heterocycles. The Labute approximate surface area is 113 Å². The molecule has 3 nitrogen and oxygen atoms in total. The predicted molar refractivity (Wildman–Crippen MR) is 76.2 cm³/mol. The number of hydrogen-bond donors (Lipinski definition) is 1. The van der Waals surface area contributed by atoms with Crippen LogP contribution in [0.5, 0.6) is 0 Å². The highest BCUT2D eigenvalue weighted by molar-refractivity contribution is 7.07. The molecule has 0 bridgehead atoms. The Bertz CT molecular complexity index is 667. The van der Waals surface area contributed by atoms with E-state index in [0.29, 0.717) is 11.6 Å². The van der Waals surface area contributed by atoms with E-state index in [-0.39, 0.29) is 0 Å². The van der Waals surface area contributed by atoms with Crippen molar-refractivity contribution in [2.75, 3.05) is 5.32 Å². The third kappa shape index (κ3) is 2.17. The highest BCUT2D eigenvalue weighted by atomic mass is 35.5. The van der Waals surface area contributed by atoms with Crippen molar-refractivity contribution >= 4 is 39.5 Å². The van der Waals surface area contributed by atoms with Crippen LogP contribution in [0.1, 0.15) is 5.69 Å². The number of rotatable bonds is 3. The van der Waals surface area contributed by atoms with E-state index in [1.54, 1.807) is 17.5 Å². The number of pyridine rings is 1. The molecule has 1 aromatic carbocycles. The first-order chi connectivity index (χ1) is 8.84. The highest BCUT2D eigenvalue weighted by Gasteiger charge is 2.05. The molecular weight excluding hydrogens is 266 g/mol. The normalized spacial score (nSPS) is 10.7. The number of aromatic nitrogens is 2. The minimum Gasteiger partial charge on any atom is -0.379 e. The maximum absolute atomic E-state index is 6.13. The second-order valence-corrected chi connectivity index (χ2v) is 4.95. The van der Waals surface area contributed by atoms with Crippen molar-refractivity contribution in [1.82, 2.24) is 9.97 Å². The minimum absolute atomic E-state index is 0.671. The van der Waals surface area contributed by atoms with Crippen LogP contribution in [0, 0.1) is 0 Å². The average Bonchev–Trinajstić information content (AvgIpc) is 2.92. The van der Waals surface area contributed by atoms with Crippen molar-refractivity contribution in [3.63, 3.8) is 0 Å². The van der Waals surface area contributed by atoms with Gasteiger partial charge in [-0.2, -0.15) is 0 Å². The summed E-state index contributed by atoms with van der Waals surface area (Å²) in [4.78, 5) is 8.54. The number of halogens is 1. The monoisotopic (exact) mass is 275 g/mol. The zero-order valence-corrected chi connectivity index (χ0v) is 11.0. The molecule has 0 fully saturated rings. The van der Waals surface area contributed by atoms with E-state index in [4.69, 9.17) is 11.6 Å². The zero-order valence-electron chi connectivity index (χ0n) is 9.43. The van der Waals surface area contributed by atoms with Gasteiger partial charge in [-0.15, -0.1) is 11.3 Å². The molecule has 1 N–H and O–H groups in total. The fraction of sp³-hybridized carbons (Fsp3) is 0.0769. The van der Waals surface area contributed by atoms with Crippen LogP contribution in [0.25, 0.3) is 10.9 Å². The van der Waals surface area contributed by atoms with Crippen molar-refractivity contribution in [1.29, 1.82) is 0 Å². The summed E-state index contributed by atoms with van der Waals surface area (Å²) in [7, 11) is 0. The molecule has 0 unspecified atom stereocenters. The van der Waals surface area contributed by atoms with E-state index in [0.717, 1.165) is 22.3 Å². The molecule has 5 heteroatoms. The summed E-state index contributed by atoms with van der Waals surface area (Å²) in [6, 6.07) is 7.75. The van der Waals surface area contributed by atoms with Gasteiger partial charge in [-0.3, -0.25) is 4.98 Å². The fourth-order valence-electron chi connectivity index (χ4n) is 1.80. The van der Waals surface area contributed by atoms with Gasteiger partial charge >= 0.3 is 0 Å². The van der Waals surface area contributed by atoms with Crippen LogP contribution in [0.2, 0.25) is 5.02 Å². The van der Waals surface area contributed by atoms with Gasteiger partial charge in [-0.1, -0.05) is 11.6 Å². The molecule has 0 radical (unpaired) electrons. The largest absolute Gasteiger partial charge is 0.379 e. The Hall–Kier alpha value is -1.65. The number of hydrogen-bond acceptors (Lipinski definition) is 4. The molecule has 18 heavy (non-hydrogen) atoms. The molecule has 3 rings (SSSR count). The number of anilines is 1. The topological polar surface area (TPSA) is 37.8 Å². The predicted octanol–water partition coefficient (Wildman–Crippen LogP) is 3.96. The lowest BCUT2D eigenvalue weighted by atomic mass is 10.2. The Morgan fingerprint density at radius 1 is 1.22 bits per heavy atom. The molecule has 0 spiro atoms. The molecule has 0 saturated carbocycles. The van der Waals surface area contributed by atoms with E-state index in [9.17, 15) is 0 Å². The van der Waals surface area contributed by atoms with Crippen molar-refractivity contribution in [3.05, 3.63) is 52.1 Å². The first-order valence-corrected chi connectivity index (χ1v) is 6.81. The van der Waals surface area contributed by atoms with E-state index in [2.05, 4.69) is 15.3 Å². The lowest BCUT2D eigenvalue weighted by Crippen LogP contribution is -2.00. The zero-order chi connectivity index (χ0) is 12.4. The van der Waals surface area contributed by atoms with Gasteiger partial charge < -0.3 is 5.32 Å². The molecule has 2 aromatic heterocycles. The number of benzene rings is 1. The summed E-state index contributed by atoms with van der Waals surface area (Å²) in [5.41, 5.74) is 4.71. The van der Waals surface area contributed by atoms with Gasteiger partial charge in [0.1, 0.15) is 0 Å². The summed E-state index contributed by atoms with van der Waals surface area (Å²) in [6.07, 6.45) is 1.75. The van der Waals surface area contributed by atoms with Crippen molar-refractivity contribution in [3.8, 4) is 0 Å². The Morgan fingerprint density at radius 3 is 3.00 bits per heavy atom. The third-order valence-electron chi connectivity index (χ3n) is 2.66. The van der Waals surface area contributed by atoms with Crippen molar-refractivity contribution < 1.29 is 0 Å². The summed E-state index contributed by atoms with van der Waals surface area (Å²) >= 11 is 7.72. The van der Waals surface area contributed by atoms with Crippen LogP contribution in [-0.4, -0.2) is 9.97 Å². The molecule has 0 atom stereocenters. The summed E-state index contributed by atoms with van der Waals surface area (Å²) in [5, 5.41) is 7.09. The van der Waals surface area contributed by atoms with Crippen LogP contribution in [-0.2, 0) is 6.54 Å². The van der Waals surface area contributed by atoms with Gasteiger partial charge in [-0.25, -0.2) is 4.98 Å². The molecule has 0 amide bonds. The van der Waals surface area contributed by atoms with Crippen molar-refractivity contribution in [2.45, 2.75) is 6.54 Å². The van der Waals surface area contributed by atoms with E-state index >= 15 is 0 Å². The van der Waals surface area contributed by atoms with Crippen LogP contribution < -0.4 is 5.32 Å². The average molecular weight is 276 g/mol. The standard InChI is InChI=1S/C13H10ClN3S/c14-11-3-4-12(10-2-1-5-15-13(10)11)16-6-9-7-18-8-17-9/h1-5,7-8,16H,6H2. The van der Waals surface area contributed by atoms with Crippen LogP contribution in [0.3, 0.4) is 0 Å². The smallest absolute Gasteiger partial charge is 0.0908 e. The lowest BCUT2D eigenvalue weighted by molar-refractivity contribution is 1.08. The third-order valence-corrected chi connectivity index (χ3v) is 3.60. The Kier molecular flexibility index (Phi) is 3.13. The molecule has 0 aliphatic heterocycles. The number of nitrogens with zero attached hydrogens (tertiary/aromatic N) is 2. The molecule has 2 heterocycles. The van der Waals surface area contributed by atoms with Gasteiger partial charge in [0.15, 0.2) is 0 Å². The minimum atomic E-state index is 0.671. The van der Waals surface area contributed by atoms with Crippen LogP contribution in [0.15, 0.2) is 41.4 Å². The molecule has 3 aromatic rings. The SMILES string of the molecule is Clc1ccc(NCc2cscn2)c2cccnc12. The number of thiazole rings is 1. The Balaban J connectivity index is 1.94. The quantitative estimate of drug-likeness (QED) is 0.786. The van der Waals surface area contributed by atoms with Crippen LogP contribution in [0.4, 0.5) is 5.69 Å². The molecule has 90 valence electrons. The number of fused-ring (bicyclic) bond motifs is 1. The first kappa shape index (κ1) is 11.4. The number of nitrogens with one attached hydrogen (secondary N) is 1. The van der Waals surface area contributed by atoms with E-state index in [1.165, 1.54) is 0 Å². The summed E-state index contributed by atoms with van der Waals surface area (Å²) < 4.78 is 0. The Morgan fingerprint density at radius 2 is 2.17 bits per heavy atom. The van der Waals surface area contributed by atoms with Gasteiger partial charge in [0.05, 0.1) is 28.3 Å². The maximum atomic E-state index is 6.13. The first-order valence-electron chi connectivity index (χ1n) is 5.49. The van der Waals surface area contributed by atoms with Gasteiger partial charge in [0.2, 0.25) is 0 Å². The summed E-state index contributed by atoms with van der Waals surface area (Å²) in [5.74, 6) is 0. The van der Waals surface area contributed by atoms with E-state index in [1.807, 2.05) is 35.2 Å². The van der Waals surface area contributed by atoms with Gasteiger partial charge in [-0.05, 0) is 24.3 Å². The molecule has 0 aliphatic rings.